The van der Waals surface area contributed by atoms with E-state index < -0.39 is 0 Å². The van der Waals surface area contributed by atoms with E-state index in [4.69, 9.17) is 4.42 Å². The number of aliphatic hydroxyl groups excluding tert-OH is 1. The minimum atomic E-state index is -0.216. The summed E-state index contributed by atoms with van der Waals surface area (Å²) in [6, 6.07) is 9.67. The molecule has 1 aliphatic rings. The second-order valence-electron chi connectivity index (χ2n) is 6.56. The Morgan fingerprint density at radius 1 is 1.33 bits per heavy atom. The highest BCUT2D eigenvalue weighted by atomic mass is 16.4. The number of aliphatic hydroxyl groups is 1. The first kappa shape index (κ1) is 16.7. The first-order chi connectivity index (χ1) is 11.6. The van der Waals surface area contributed by atoms with Crippen molar-refractivity contribution in [3.63, 3.8) is 0 Å². The Morgan fingerprint density at radius 3 is 2.88 bits per heavy atom. The summed E-state index contributed by atoms with van der Waals surface area (Å²) in [5.41, 5.74) is 1.58. The molecule has 2 aromatic rings. The molecule has 2 atom stereocenters. The number of amides is 1. The largest absolute Gasteiger partial charge is 0.441 e. The van der Waals surface area contributed by atoms with Crippen LogP contribution in [-0.2, 0) is 11.2 Å². The summed E-state index contributed by atoms with van der Waals surface area (Å²) in [5, 5.41) is 12.7. The van der Waals surface area contributed by atoms with Gasteiger partial charge in [0.15, 0.2) is 0 Å². The number of aryl methyl sites for hydroxylation is 1. The van der Waals surface area contributed by atoms with E-state index in [9.17, 15) is 9.90 Å². The molecule has 3 rings (SSSR count). The zero-order valence-corrected chi connectivity index (χ0v) is 14.0. The number of oxazole rings is 1. The molecule has 5 heteroatoms. The lowest BCUT2D eigenvalue weighted by Gasteiger charge is -2.25. The van der Waals surface area contributed by atoms with E-state index in [1.165, 1.54) is 0 Å². The highest BCUT2D eigenvalue weighted by Gasteiger charge is 2.21. The number of nitrogens with one attached hydrogen (secondary N) is 1. The lowest BCUT2D eigenvalue weighted by Crippen LogP contribution is -2.33. The number of hydrogen-bond donors (Lipinski definition) is 2. The maximum atomic E-state index is 12.2. The van der Waals surface area contributed by atoms with Crippen molar-refractivity contribution in [2.75, 3.05) is 6.54 Å². The molecule has 0 radical (unpaired) electrons. The SMILES string of the molecule is Cc1oc(-c2ccccc2)nc1CC(=O)NCC1CCCC(O)C1. The monoisotopic (exact) mass is 328 g/mol. The lowest BCUT2D eigenvalue weighted by molar-refractivity contribution is -0.120. The summed E-state index contributed by atoms with van der Waals surface area (Å²) < 4.78 is 5.69. The standard InChI is InChI=1S/C19H24N2O3/c1-13-17(21-19(24-13)15-7-3-2-4-8-15)11-18(23)20-12-14-6-5-9-16(22)10-14/h2-4,7-8,14,16,22H,5-6,9-12H2,1H3,(H,20,23). The average molecular weight is 328 g/mol. The number of carbonyl (C=O) groups excluding carboxylic acids is 1. The van der Waals surface area contributed by atoms with Gasteiger partial charge in [-0.15, -0.1) is 0 Å². The van der Waals surface area contributed by atoms with Crippen LogP contribution in [0.3, 0.4) is 0 Å². The highest BCUT2D eigenvalue weighted by Crippen LogP contribution is 2.24. The Kier molecular flexibility index (Phi) is 5.30. The van der Waals surface area contributed by atoms with E-state index in [0.29, 0.717) is 29.8 Å². The Balaban J connectivity index is 1.56. The van der Waals surface area contributed by atoms with E-state index in [1.54, 1.807) is 0 Å². The van der Waals surface area contributed by atoms with Crippen LogP contribution < -0.4 is 5.32 Å². The first-order valence-corrected chi connectivity index (χ1v) is 8.58. The number of aromatic nitrogens is 1. The van der Waals surface area contributed by atoms with Crippen LogP contribution in [0.15, 0.2) is 34.7 Å². The predicted molar refractivity (Wildman–Crippen MR) is 91.4 cm³/mol. The van der Waals surface area contributed by atoms with Gasteiger partial charge in [-0.25, -0.2) is 4.98 Å². The zero-order valence-electron chi connectivity index (χ0n) is 14.0. The molecule has 128 valence electrons. The molecule has 1 saturated carbocycles. The van der Waals surface area contributed by atoms with Crippen molar-refractivity contribution < 1.29 is 14.3 Å². The number of carbonyl (C=O) groups is 1. The van der Waals surface area contributed by atoms with Gasteiger partial charge < -0.3 is 14.8 Å². The molecule has 1 fully saturated rings. The fourth-order valence-electron chi connectivity index (χ4n) is 3.22. The quantitative estimate of drug-likeness (QED) is 0.885. The molecular weight excluding hydrogens is 304 g/mol. The molecule has 1 amide bonds. The Labute approximate surface area is 142 Å². The Bertz CT molecular complexity index is 681. The molecule has 2 N–H and O–H groups in total. The predicted octanol–water partition coefficient (Wildman–Crippen LogP) is 2.86. The van der Waals surface area contributed by atoms with Gasteiger partial charge in [0.2, 0.25) is 11.8 Å². The molecule has 0 saturated heterocycles. The maximum Gasteiger partial charge on any atom is 0.226 e. The highest BCUT2D eigenvalue weighted by molar-refractivity contribution is 5.78. The van der Waals surface area contributed by atoms with Crippen molar-refractivity contribution in [1.82, 2.24) is 10.3 Å². The molecule has 1 heterocycles. The van der Waals surface area contributed by atoms with Gasteiger partial charge in [0, 0.05) is 12.1 Å². The minimum Gasteiger partial charge on any atom is -0.441 e. The fraction of sp³-hybridized carbons (Fsp3) is 0.474. The third-order valence-electron chi connectivity index (χ3n) is 4.58. The first-order valence-electron chi connectivity index (χ1n) is 8.58. The minimum absolute atomic E-state index is 0.0499. The summed E-state index contributed by atoms with van der Waals surface area (Å²) in [5.74, 6) is 1.55. The van der Waals surface area contributed by atoms with E-state index >= 15 is 0 Å². The molecule has 24 heavy (non-hydrogen) atoms. The number of hydrogen-bond acceptors (Lipinski definition) is 4. The van der Waals surface area contributed by atoms with Crippen LogP contribution in [0.2, 0.25) is 0 Å². The maximum absolute atomic E-state index is 12.2. The summed E-state index contributed by atoms with van der Waals surface area (Å²) >= 11 is 0. The number of nitrogens with zero attached hydrogens (tertiary/aromatic N) is 1. The van der Waals surface area contributed by atoms with Gasteiger partial charge in [-0.1, -0.05) is 24.6 Å². The van der Waals surface area contributed by atoms with Gasteiger partial charge >= 0.3 is 0 Å². The van der Waals surface area contributed by atoms with Gasteiger partial charge in [-0.3, -0.25) is 4.79 Å². The molecule has 5 nitrogen and oxygen atoms in total. The van der Waals surface area contributed by atoms with E-state index in [1.807, 2.05) is 37.3 Å². The van der Waals surface area contributed by atoms with Crippen molar-refractivity contribution in [3.05, 3.63) is 41.8 Å². The molecule has 1 aromatic heterocycles. The molecular formula is C19H24N2O3. The molecule has 0 aliphatic heterocycles. The van der Waals surface area contributed by atoms with Gasteiger partial charge in [-0.2, -0.15) is 0 Å². The second kappa shape index (κ2) is 7.62. The van der Waals surface area contributed by atoms with Crippen LogP contribution in [0.25, 0.3) is 11.5 Å². The smallest absolute Gasteiger partial charge is 0.226 e. The van der Waals surface area contributed by atoms with Gasteiger partial charge in [0.25, 0.3) is 0 Å². The fourth-order valence-corrected chi connectivity index (χ4v) is 3.22. The number of rotatable bonds is 5. The molecule has 0 bridgehead atoms. The Hall–Kier alpha value is -2.14. The van der Waals surface area contributed by atoms with E-state index in [0.717, 1.165) is 31.2 Å². The van der Waals surface area contributed by atoms with Crippen LogP contribution in [0.4, 0.5) is 0 Å². The van der Waals surface area contributed by atoms with Crippen molar-refractivity contribution in [3.8, 4) is 11.5 Å². The van der Waals surface area contributed by atoms with Crippen molar-refractivity contribution in [2.24, 2.45) is 5.92 Å². The third-order valence-corrected chi connectivity index (χ3v) is 4.58. The van der Waals surface area contributed by atoms with Crippen LogP contribution in [0.5, 0.6) is 0 Å². The van der Waals surface area contributed by atoms with Crippen molar-refractivity contribution in [2.45, 2.75) is 45.1 Å². The van der Waals surface area contributed by atoms with Crippen LogP contribution in [-0.4, -0.2) is 28.6 Å². The van der Waals surface area contributed by atoms with Crippen molar-refractivity contribution >= 4 is 5.91 Å². The topological polar surface area (TPSA) is 75.4 Å². The lowest BCUT2D eigenvalue weighted by atomic mass is 9.87. The van der Waals surface area contributed by atoms with Crippen LogP contribution in [0.1, 0.15) is 37.1 Å². The van der Waals surface area contributed by atoms with Gasteiger partial charge in [-0.05, 0) is 44.2 Å². The molecule has 1 aromatic carbocycles. The van der Waals surface area contributed by atoms with Crippen LogP contribution >= 0.6 is 0 Å². The second-order valence-corrected chi connectivity index (χ2v) is 6.56. The van der Waals surface area contributed by atoms with Gasteiger partial charge in [0.1, 0.15) is 5.76 Å². The Morgan fingerprint density at radius 2 is 2.12 bits per heavy atom. The van der Waals surface area contributed by atoms with E-state index in [2.05, 4.69) is 10.3 Å². The number of benzene rings is 1. The molecule has 0 spiro atoms. The summed E-state index contributed by atoms with van der Waals surface area (Å²) in [7, 11) is 0. The summed E-state index contributed by atoms with van der Waals surface area (Å²) in [6.45, 7) is 2.46. The molecule has 2 unspecified atom stereocenters. The third kappa shape index (κ3) is 4.23. The van der Waals surface area contributed by atoms with Gasteiger partial charge in [0.05, 0.1) is 18.2 Å². The normalized spacial score (nSPS) is 20.8. The van der Waals surface area contributed by atoms with Crippen molar-refractivity contribution in [1.29, 1.82) is 0 Å². The summed E-state index contributed by atoms with van der Waals surface area (Å²) in [6.07, 6.45) is 3.76. The zero-order chi connectivity index (χ0) is 16.9. The van der Waals surface area contributed by atoms with Crippen LogP contribution in [0, 0.1) is 12.8 Å². The summed E-state index contributed by atoms with van der Waals surface area (Å²) in [4.78, 5) is 16.6. The molecule has 1 aliphatic carbocycles. The van der Waals surface area contributed by atoms with E-state index in [-0.39, 0.29) is 18.4 Å². The average Bonchev–Trinajstić information content (AvgIpc) is 2.95.